The van der Waals surface area contributed by atoms with Crippen LogP contribution in [-0.2, 0) is 0 Å². The molecule has 2 aromatic rings. The number of nitrogens with zero attached hydrogens (tertiary/aromatic N) is 5. The third-order valence-corrected chi connectivity index (χ3v) is 3.31. The Kier molecular flexibility index (Phi) is 3.60. The highest BCUT2D eigenvalue weighted by molar-refractivity contribution is 6.30. The first kappa shape index (κ1) is 14.0. The number of rotatable bonds is 2. The highest BCUT2D eigenvalue weighted by atomic mass is 35.5. The first-order valence-electron chi connectivity index (χ1n) is 6.25. The molecule has 1 aliphatic rings. The van der Waals surface area contributed by atoms with Crippen molar-refractivity contribution in [2.45, 2.75) is 13.3 Å². The molecule has 0 aromatic carbocycles. The smallest absolute Gasteiger partial charge is 0.263 e. The van der Waals surface area contributed by atoms with Crippen LogP contribution in [0.25, 0.3) is 0 Å². The van der Waals surface area contributed by atoms with Crippen molar-refractivity contribution in [3.05, 3.63) is 28.0 Å². The van der Waals surface area contributed by atoms with Crippen LogP contribution in [0, 0.1) is 0 Å². The van der Waals surface area contributed by atoms with Crippen LogP contribution in [0.1, 0.15) is 23.7 Å². The van der Waals surface area contributed by atoms with Crippen LogP contribution in [0.2, 0.25) is 10.3 Å². The predicted octanol–water partition coefficient (Wildman–Crippen LogP) is 2.69. The highest BCUT2D eigenvalue weighted by Crippen LogP contribution is 2.34. The van der Waals surface area contributed by atoms with Gasteiger partial charge in [-0.2, -0.15) is 0 Å². The lowest BCUT2D eigenvalue weighted by Crippen LogP contribution is -2.32. The van der Waals surface area contributed by atoms with E-state index >= 15 is 0 Å². The van der Waals surface area contributed by atoms with Crippen LogP contribution < -0.4 is 10.2 Å². The second kappa shape index (κ2) is 5.42. The van der Waals surface area contributed by atoms with E-state index in [-0.39, 0.29) is 16.2 Å². The van der Waals surface area contributed by atoms with E-state index in [9.17, 15) is 4.79 Å². The van der Waals surface area contributed by atoms with Crippen molar-refractivity contribution in [2.75, 3.05) is 16.8 Å². The molecular weight excluding hydrogens is 315 g/mol. The van der Waals surface area contributed by atoms with Crippen LogP contribution in [0.5, 0.6) is 0 Å². The summed E-state index contributed by atoms with van der Waals surface area (Å²) in [5, 5.41) is 18.9. The molecule has 1 N–H and O–H groups in total. The topological polar surface area (TPSA) is 83.9 Å². The van der Waals surface area contributed by atoms with Crippen molar-refractivity contribution in [1.29, 1.82) is 0 Å². The molecule has 0 atom stereocenters. The summed E-state index contributed by atoms with van der Waals surface area (Å²) in [5.74, 6) is 0.459. The molecule has 9 heteroatoms. The van der Waals surface area contributed by atoms with Gasteiger partial charge in [-0.15, -0.1) is 20.4 Å². The monoisotopic (exact) mass is 324 g/mol. The standard InChI is InChI=1S/C12H10Cl2N6O/c1-2-3-20-11-7(5-9(14)17-19-11)15-10-6(12(20)21)4-8(13)16-18-10/h4-5H,2-3H2,1H3,(H,15,18). The molecule has 0 radical (unpaired) electrons. The van der Waals surface area contributed by atoms with Gasteiger partial charge in [0.25, 0.3) is 5.91 Å². The average molecular weight is 325 g/mol. The Morgan fingerprint density at radius 2 is 1.86 bits per heavy atom. The lowest BCUT2D eigenvalue weighted by atomic mass is 10.2. The Morgan fingerprint density at radius 1 is 1.14 bits per heavy atom. The van der Waals surface area contributed by atoms with E-state index in [4.69, 9.17) is 23.2 Å². The summed E-state index contributed by atoms with van der Waals surface area (Å²) in [4.78, 5) is 14.2. The van der Waals surface area contributed by atoms with Crippen molar-refractivity contribution >= 4 is 46.4 Å². The van der Waals surface area contributed by atoms with E-state index in [1.807, 2.05) is 6.92 Å². The number of carbonyl (C=O) groups excluding carboxylic acids is 1. The zero-order chi connectivity index (χ0) is 15.0. The van der Waals surface area contributed by atoms with Gasteiger partial charge in [0.2, 0.25) is 0 Å². The molecule has 0 spiro atoms. The largest absolute Gasteiger partial charge is 0.335 e. The number of anilines is 3. The molecule has 21 heavy (non-hydrogen) atoms. The lowest BCUT2D eigenvalue weighted by Gasteiger charge is -2.19. The normalized spacial score (nSPS) is 13.3. The van der Waals surface area contributed by atoms with Crippen molar-refractivity contribution in [3.8, 4) is 0 Å². The maximum Gasteiger partial charge on any atom is 0.263 e. The van der Waals surface area contributed by atoms with Gasteiger partial charge in [0.05, 0.1) is 11.3 Å². The van der Waals surface area contributed by atoms with Gasteiger partial charge in [0.1, 0.15) is 0 Å². The molecule has 7 nitrogen and oxygen atoms in total. The molecular formula is C12H10Cl2N6O. The van der Waals surface area contributed by atoms with Gasteiger partial charge >= 0.3 is 0 Å². The van der Waals surface area contributed by atoms with Gasteiger partial charge in [-0.25, -0.2) is 0 Å². The summed E-state index contributed by atoms with van der Waals surface area (Å²) in [7, 11) is 0. The number of hydrogen-bond donors (Lipinski definition) is 1. The van der Waals surface area contributed by atoms with Gasteiger partial charge in [-0.1, -0.05) is 30.1 Å². The van der Waals surface area contributed by atoms with Gasteiger partial charge in [-0.05, 0) is 12.5 Å². The summed E-state index contributed by atoms with van der Waals surface area (Å²) in [6, 6.07) is 3.06. The molecule has 0 saturated carbocycles. The Bertz CT molecular complexity index is 723. The van der Waals surface area contributed by atoms with Crippen LogP contribution in [0.15, 0.2) is 12.1 Å². The second-order valence-corrected chi connectivity index (χ2v) is 5.19. The minimum atomic E-state index is -0.258. The SMILES string of the molecule is CCCN1C(=O)c2cc(Cl)nnc2Nc2cc(Cl)nnc21. The summed E-state index contributed by atoms with van der Waals surface area (Å²) < 4.78 is 0. The van der Waals surface area contributed by atoms with Gasteiger partial charge in [-0.3, -0.25) is 9.69 Å². The third-order valence-electron chi connectivity index (χ3n) is 2.94. The van der Waals surface area contributed by atoms with Gasteiger partial charge in [0.15, 0.2) is 21.9 Å². The number of aromatic nitrogens is 4. The minimum Gasteiger partial charge on any atom is -0.335 e. The Balaban J connectivity index is 2.20. The number of halogens is 2. The molecule has 0 bridgehead atoms. The van der Waals surface area contributed by atoms with E-state index < -0.39 is 0 Å². The molecule has 1 amide bonds. The van der Waals surface area contributed by atoms with Crippen LogP contribution in [0.4, 0.5) is 17.3 Å². The quantitative estimate of drug-likeness (QED) is 0.914. The first-order valence-corrected chi connectivity index (χ1v) is 7.01. The van der Waals surface area contributed by atoms with Crippen molar-refractivity contribution in [3.63, 3.8) is 0 Å². The molecule has 108 valence electrons. The fourth-order valence-corrected chi connectivity index (χ4v) is 2.37. The van der Waals surface area contributed by atoms with Gasteiger partial charge < -0.3 is 5.32 Å². The van der Waals surface area contributed by atoms with Crippen molar-refractivity contribution < 1.29 is 4.79 Å². The number of amides is 1. The van der Waals surface area contributed by atoms with Crippen LogP contribution >= 0.6 is 23.2 Å². The molecule has 1 aliphatic heterocycles. The fraction of sp³-hybridized carbons (Fsp3) is 0.250. The zero-order valence-corrected chi connectivity index (χ0v) is 12.5. The summed E-state index contributed by atoms with van der Waals surface area (Å²) in [6.45, 7) is 2.45. The fourth-order valence-electron chi connectivity index (χ4n) is 2.08. The number of nitrogens with one attached hydrogen (secondary N) is 1. The summed E-state index contributed by atoms with van der Waals surface area (Å²) >= 11 is 11.7. The van der Waals surface area contributed by atoms with E-state index in [2.05, 4.69) is 25.7 Å². The highest BCUT2D eigenvalue weighted by Gasteiger charge is 2.29. The molecule has 3 rings (SSSR count). The Morgan fingerprint density at radius 3 is 2.62 bits per heavy atom. The van der Waals surface area contributed by atoms with E-state index in [0.29, 0.717) is 29.4 Å². The van der Waals surface area contributed by atoms with E-state index in [1.165, 1.54) is 11.0 Å². The Hall–Kier alpha value is -1.99. The molecule has 0 aliphatic carbocycles. The first-order chi connectivity index (χ1) is 10.1. The Labute approximate surface area is 130 Å². The number of carbonyl (C=O) groups is 1. The predicted molar refractivity (Wildman–Crippen MR) is 79.3 cm³/mol. The molecule has 0 saturated heterocycles. The number of fused-ring (bicyclic) bond motifs is 2. The summed E-state index contributed by atoms with van der Waals surface area (Å²) in [5.41, 5.74) is 0.879. The lowest BCUT2D eigenvalue weighted by molar-refractivity contribution is 0.0987. The average Bonchev–Trinajstić information content (AvgIpc) is 2.56. The third kappa shape index (κ3) is 2.50. The maximum absolute atomic E-state index is 12.7. The van der Waals surface area contributed by atoms with Crippen molar-refractivity contribution in [2.24, 2.45) is 0 Å². The van der Waals surface area contributed by atoms with Crippen LogP contribution in [-0.4, -0.2) is 32.8 Å². The number of hydrogen-bond acceptors (Lipinski definition) is 6. The maximum atomic E-state index is 12.7. The van der Waals surface area contributed by atoms with E-state index in [0.717, 1.165) is 6.42 Å². The molecule has 2 aromatic heterocycles. The van der Waals surface area contributed by atoms with E-state index in [1.54, 1.807) is 6.07 Å². The van der Waals surface area contributed by atoms with Crippen LogP contribution in [0.3, 0.4) is 0 Å². The zero-order valence-electron chi connectivity index (χ0n) is 11.0. The molecule has 0 unspecified atom stereocenters. The molecule has 3 heterocycles. The minimum absolute atomic E-state index is 0.149. The summed E-state index contributed by atoms with van der Waals surface area (Å²) in [6.07, 6.45) is 0.761. The molecule has 0 fully saturated rings. The van der Waals surface area contributed by atoms with Gasteiger partial charge in [0, 0.05) is 12.6 Å². The van der Waals surface area contributed by atoms with Crippen molar-refractivity contribution in [1.82, 2.24) is 20.4 Å². The second-order valence-electron chi connectivity index (χ2n) is 4.42.